The Bertz CT molecular complexity index is 863. The second-order valence-corrected chi connectivity index (χ2v) is 7.83. The van der Waals surface area contributed by atoms with E-state index in [1.54, 1.807) is 29.6 Å². The van der Waals surface area contributed by atoms with Crippen LogP contribution in [0.3, 0.4) is 0 Å². The van der Waals surface area contributed by atoms with Crippen molar-refractivity contribution < 1.29 is 23.9 Å². The van der Waals surface area contributed by atoms with E-state index in [1.165, 1.54) is 25.2 Å². The third-order valence-corrected chi connectivity index (χ3v) is 5.49. The van der Waals surface area contributed by atoms with Gasteiger partial charge in [-0.3, -0.25) is 9.59 Å². The Morgan fingerprint density at radius 1 is 1.10 bits per heavy atom. The second kappa shape index (κ2) is 10.2. The van der Waals surface area contributed by atoms with Crippen molar-refractivity contribution in [1.29, 1.82) is 0 Å². The van der Waals surface area contributed by atoms with E-state index >= 15 is 0 Å². The number of morpholine rings is 1. The lowest BCUT2D eigenvalue weighted by molar-refractivity contribution is -0.154. The Hall–Kier alpha value is -2.91. The summed E-state index contributed by atoms with van der Waals surface area (Å²) in [6.07, 6.45) is -1.00. The first kappa shape index (κ1) is 21.8. The van der Waals surface area contributed by atoms with E-state index < -0.39 is 24.0 Å². The van der Waals surface area contributed by atoms with Crippen LogP contribution in [0.25, 0.3) is 0 Å². The maximum absolute atomic E-state index is 12.4. The fourth-order valence-corrected chi connectivity index (χ4v) is 3.51. The highest BCUT2D eigenvalue weighted by Gasteiger charge is 2.24. The Morgan fingerprint density at radius 2 is 1.80 bits per heavy atom. The Morgan fingerprint density at radius 3 is 2.43 bits per heavy atom. The summed E-state index contributed by atoms with van der Waals surface area (Å²) in [6, 6.07) is 10.0. The zero-order valence-electron chi connectivity index (χ0n) is 16.9. The molecular formula is C21H25N3O5S. The third-order valence-electron chi connectivity index (χ3n) is 4.62. The Balaban J connectivity index is 1.47. The molecule has 1 aromatic heterocycles. The van der Waals surface area contributed by atoms with Gasteiger partial charge in [0.2, 0.25) is 0 Å². The molecule has 1 aromatic carbocycles. The molecule has 1 saturated heterocycles. The normalized spacial score (nSPS) is 15.7. The molecule has 0 radical (unpaired) electrons. The van der Waals surface area contributed by atoms with Gasteiger partial charge >= 0.3 is 5.97 Å². The minimum Gasteiger partial charge on any atom is -0.451 e. The quantitative estimate of drug-likeness (QED) is 0.653. The molecule has 1 aliphatic heterocycles. The van der Waals surface area contributed by atoms with Crippen LogP contribution in [0.15, 0.2) is 41.8 Å². The van der Waals surface area contributed by atoms with Crippen molar-refractivity contribution in [1.82, 2.24) is 5.32 Å². The number of hydrogen-bond acceptors (Lipinski definition) is 7. The van der Waals surface area contributed by atoms with Crippen molar-refractivity contribution >= 4 is 40.5 Å². The van der Waals surface area contributed by atoms with Gasteiger partial charge in [0.1, 0.15) is 6.04 Å². The number of thiophene rings is 1. The SMILES string of the molecule is CC(NC(=O)c1cccs1)C(=O)OC(C)C(=O)Nc1ccc(N2CCOCC2)cc1. The van der Waals surface area contributed by atoms with E-state index in [-0.39, 0.29) is 5.91 Å². The molecule has 0 bridgehead atoms. The van der Waals surface area contributed by atoms with Gasteiger partial charge in [-0.05, 0) is 49.6 Å². The maximum Gasteiger partial charge on any atom is 0.329 e. The summed E-state index contributed by atoms with van der Waals surface area (Å²) in [4.78, 5) is 39.3. The van der Waals surface area contributed by atoms with Gasteiger partial charge in [0.15, 0.2) is 6.10 Å². The fourth-order valence-electron chi connectivity index (χ4n) is 2.89. The van der Waals surface area contributed by atoms with E-state index in [2.05, 4.69) is 15.5 Å². The summed E-state index contributed by atoms with van der Waals surface area (Å²) in [7, 11) is 0. The molecule has 3 rings (SSSR count). The molecule has 2 amide bonds. The van der Waals surface area contributed by atoms with Crippen LogP contribution < -0.4 is 15.5 Å². The average Bonchev–Trinajstić information content (AvgIpc) is 3.30. The van der Waals surface area contributed by atoms with E-state index in [0.717, 1.165) is 18.8 Å². The van der Waals surface area contributed by atoms with Crippen molar-refractivity contribution in [2.75, 3.05) is 36.5 Å². The molecule has 30 heavy (non-hydrogen) atoms. The number of ether oxygens (including phenoxy) is 2. The van der Waals surface area contributed by atoms with E-state index in [4.69, 9.17) is 9.47 Å². The number of benzene rings is 1. The van der Waals surface area contributed by atoms with Crippen LogP contribution >= 0.6 is 11.3 Å². The van der Waals surface area contributed by atoms with Crippen LogP contribution in [-0.4, -0.2) is 56.2 Å². The zero-order chi connectivity index (χ0) is 21.5. The van der Waals surface area contributed by atoms with Crippen molar-refractivity contribution in [2.45, 2.75) is 26.0 Å². The predicted molar refractivity (Wildman–Crippen MR) is 115 cm³/mol. The second-order valence-electron chi connectivity index (χ2n) is 6.89. The highest BCUT2D eigenvalue weighted by molar-refractivity contribution is 7.12. The molecule has 0 saturated carbocycles. The first-order valence-electron chi connectivity index (χ1n) is 9.72. The summed E-state index contributed by atoms with van der Waals surface area (Å²) < 4.78 is 10.5. The number of carbonyl (C=O) groups is 3. The summed E-state index contributed by atoms with van der Waals surface area (Å²) >= 11 is 1.28. The smallest absolute Gasteiger partial charge is 0.329 e. The first-order valence-corrected chi connectivity index (χ1v) is 10.6. The van der Waals surface area contributed by atoms with Crippen molar-refractivity contribution in [2.24, 2.45) is 0 Å². The lowest BCUT2D eigenvalue weighted by Gasteiger charge is -2.29. The molecule has 2 unspecified atom stereocenters. The first-order chi connectivity index (χ1) is 14.4. The largest absolute Gasteiger partial charge is 0.451 e. The summed E-state index contributed by atoms with van der Waals surface area (Å²) in [5.74, 6) is -1.48. The van der Waals surface area contributed by atoms with Gasteiger partial charge in [-0.1, -0.05) is 6.07 Å². The lowest BCUT2D eigenvalue weighted by Crippen LogP contribution is -2.42. The zero-order valence-corrected chi connectivity index (χ0v) is 17.7. The standard InChI is InChI=1S/C21H25N3O5S/c1-14(22-20(26)18-4-3-13-30-18)21(27)29-15(2)19(25)23-16-5-7-17(8-6-16)24-9-11-28-12-10-24/h3-8,13-15H,9-12H2,1-2H3,(H,22,26)(H,23,25). The molecule has 9 heteroatoms. The van der Waals surface area contributed by atoms with E-state index in [9.17, 15) is 14.4 Å². The topological polar surface area (TPSA) is 97.0 Å². The maximum atomic E-state index is 12.4. The van der Waals surface area contributed by atoms with Crippen LogP contribution in [0.1, 0.15) is 23.5 Å². The minimum atomic E-state index is -1.00. The highest BCUT2D eigenvalue weighted by atomic mass is 32.1. The number of nitrogens with one attached hydrogen (secondary N) is 2. The van der Waals surface area contributed by atoms with Crippen LogP contribution in [0.5, 0.6) is 0 Å². The number of nitrogens with zero attached hydrogens (tertiary/aromatic N) is 1. The van der Waals surface area contributed by atoms with Crippen LogP contribution in [0.4, 0.5) is 11.4 Å². The molecule has 2 heterocycles. The third kappa shape index (κ3) is 5.80. The molecule has 160 valence electrons. The molecular weight excluding hydrogens is 406 g/mol. The number of carbonyl (C=O) groups excluding carboxylic acids is 3. The van der Waals surface area contributed by atoms with Gasteiger partial charge in [-0.15, -0.1) is 11.3 Å². The molecule has 0 spiro atoms. The lowest BCUT2D eigenvalue weighted by atomic mass is 10.2. The number of amides is 2. The molecule has 0 aliphatic carbocycles. The molecule has 2 N–H and O–H groups in total. The van der Waals surface area contributed by atoms with Gasteiger partial charge in [-0.25, -0.2) is 4.79 Å². The van der Waals surface area contributed by atoms with Gasteiger partial charge in [-0.2, -0.15) is 0 Å². The summed E-state index contributed by atoms with van der Waals surface area (Å²) in [5.41, 5.74) is 1.67. The summed E-state index contributed by atoms with van der Waals surface area (Å²) in [5, 5.41) is 7.07. The molecule has 2 atom stereocenters. The van der Waals surface area contributed by atoms with Crippen LogP contribution in [-0.2, 0) is 19.1 Å². The number of anilines is 2. The van der Waals surface area contributed by atoms with E-state index in [0.29, 0.717) is 23.8 Å². The van der Waals surface area contributed by atoms with Gasteiger partial charge in [0, 0.05) is 24.5 Å². The Labute approximate surface area is 179 Å². The molecule has 8 nitrogen and oxygen atoms in total. The summed E-state index contributed by atoms with van der Waals surface area (Å²) in [6.45, 7) is 6.08. The molecule has 1 aliphatic rings. The van der Waals surface area contributed by atoms with Gasteiger partial charge < -0.3 is 25.0 Å². The number of hydrogen-bond donors (Lipinski definition) is 2. The molecule has 1 fully saturated rings. The van der Waals surface area contributed by atoms with Crippen LogP contribution in [0, 0.1) is 0 Å². The number of esters is 1. The average molecular weight is 432 g/mol. The van der Waals surface area contributed by atoms with Crippen molar-refractivity contribution in [3.63, 3.8) is 0 Å². The number of rotatable bonds is 7. The highest BCUT2D eigenvalue weighted by Crippen LogP contribution is 2.19. The van der Waals surface area contributed by atoms with E-state index in [1.807, 2.05) is 12.1 Å². The predicted octanol–water partition coefficient (Wildman–Crippen LogP) is 2.27. The van der Waals surface area contributed by atoms with Crippen LogP contribution in [0.2, 0.25) is 0 Å². The van der Waals surface area contributed by atoms with Crippen molar-refractivity contribution in [3.8, 4) is 0 Å². The van der Waals surface area contributed by atoms with Crippen molar-refractivity contribution in [3.05, 3.63) is 46.7 Å². The Kier molecular flexibility index (Phi) is 7.42. The van der Waals surface area contributed by atoms with Gasteiger partial charge in [0.05, 0.1) is 18.1 Å². The monoisotopic (exact) mass is 431 g/mol. The van der Waals surface area contributed by atoms with Gasteiger partial charge in [0.25, 0.3) is 11.8 Å². The minimum absolute atomic E-state index is 0.355. The molecule has 2 aromatic rings. The fraction of sp³-hybridized carbons (Fsp3) is 0.381.